The van der Waals surface area contributed by atoms with Crippen molar-refractivity contribution in [2.45, 2.75) is 25.3 Å². The molecule has 1 saturated carbocycles. The SMILES string of the molecule is C=C(Cl)C(=O)NC1CCCC1CO. The van der Waals surface area contributed by atoms with Crippen molar-refractivity contribution in [2.24, 2.45) is 5.92 Å². The van der Waals surface area contributed by atoms with E-state index in [4.69, 9.17) is 16.7 Å². The number of aliphatic hydroxyl groups is 1. The van der Waals surface area contributed by atoms with Crippen molar-refractivity contribution in [2.75, 3.05) is 6.61 Å². The summed E-state index contributed by atoms with van der Waals surface area (Å²) in [6.45, 7) is 3.46. The van der Waals surface area contributed by atoms with Crippen molar-refractivity contribution in [3.05, 3.63) is 11.6 Å². The van der Waals surface area contributed by atoms with Gasteiger partial charge in [0.1, 0.15) is 0 Å². The van der Waals surface area contributed by atoms with Crippen LogP contribution in [0.25, 0.3) is 0 Å². The van der Waals surface area contributed by atoms with Crippen LogP contribution in [0.4, 0.5) is 0 Å². The molecule has 0 heterocycles. The molecule has 3 nitrogen and oxygen atoms in total. The number of hydrogen-bond acceptors (Lipinski definition) is 2. The molecule has 0 aromatic rings. The highest BCUT2D eigenvalue weighted by molar-refractivity contribution is 6.41. The third-order valence-corrected chi connectivity index (χ3v) is 2.63. The Morgan fingerprint density at radius 2 is 2.31 bits per heavy atom. The van der Waals surface area contributed by atoms with E-state index in [1.54, 1.807) is 0 Å². The van der Waals surface area contributed by atoms with Crippen molar-refractivity contribution < 1.29 is 9.90 Å². The minimum Gasteiger partial charge on any atom is -0.396 e. The van der Waals surface area contributed by atoms with Gasteiger partial charge in [-0.25, -0.2) is 0 Å². The first-order valence-electron chi connectivity index (χ1n) is 4.41. The van der Waals surface area contributed by atoms with Gasteiger partial charge in [-0.3, -0.25) is 4.79 Å². The Labute approximate surface area is 82.8 Å². The van der Waals surface area contributed by atoms with Gasteiger partial charge in [0.25, 0.3) is 5.91 Å². The molecule has 0 saturated heterocycles. The molecule has 13 heavy (non-hydrogen) atoms. The zero-order valence-corrected chi connectivity index (χ0v) is 8.18. The predicted molar refractivity (Wildman–Crippen MR) is 51.4 cm³/mol. The van der Waals surface area contributed by atoms with Crippen molar-refractivity contribution in [1.29, 1.82) is 0 Å². The van der Waals surface area contributed by atoms with Gasteiger partial charge in [0.05, 0.1) is 5.03 Å². The number of hydrogen-bond donors (Lipinski definition) is 2. The van der Waals surface area contributed by atoms with Gasteiger partial charge >= 0.3 is 0 Å². The van der Waals surface area contributed by atoms with Gasteiger partial charge in [-0.15, -0.1) is 0 Å². The van der Waals surface area contributed by atoms with Crippen LogP contribution >= 0.6 is 11.6 Å². The van der Waals surface area contributed by atoms with Crippen molar-refractivity contribution in [3.63, 3.8) is 0 Å². The van der Waals surface area contributed by atoms with Crippen LogP contribution in [0, 0.1) is 5.92 Å². The maximum Gasteiger partial charge on any atom is 0.262 e. The fraction of sp³-hybridized carbons (Fsp3) is 0.667. The van der Waals surface area contributed by atoms with E-state index in [-0.39, 0.29) is 29.5 Å². The Kier molecular flexibility index (Phi) is 3.75. The first-order valence-corrected chi connectivity index (χ1v) is 4.79. The smallest absolute Gasteiger partial charge is 0.262 e. The van der Waals surface area contributed by atoms with Crippen LogP contribution in [0.3, 0.4) is 0 Å². The number of aliphatic hydroxyl groups excluding tert-OH is 1. The normalized spacial score (nSPS) is 27.2. The minimum absolute atomic E-state index is 0.00332. The topological polar surface area (TPSA) is 49.3 Å². The van der Waals surface area contributed by atoms with Crippen molar-refractivity contribution in [1.82, 2.24) is 5.32 Å². The van der Waals surface area contributed by atoms with Crippen LogP contribution in [0.2, 0.25) is 0 Å². The molecule has 2 N–H and O–H groups in total. The fourth-order valence-electron chi connectivity index (χ4n) is 1.69. The van der Waals surface area contributed by atoms with E-state index in [1.165, 1.54) is 0 Å². The molecular formula is C9H14ClNO2. The molecule has 2 unspecified atom stereocenters. The van der Waals surface area contributed by atoms with Gasteiger partial charge in [0, 0.05) is 18.6 Å². The third kappa shape index (κ3) is 2.71. The van der Waals surface area contributed by atoms with E-state index in [1.807, 2.05) is 0 Å². The lowest BCUT2D eigenvalue weighted by molar-refractivity contribution is -0.117. The Morgan fingerprint density at radius 1 is 1.62 bits per heavy atom. The fourth-order valence-corrected chi connectivity index (χ4v) is 1.75. The van der Waals surface area contributed by atoms with E-state index >= 15 is 0 Å². The number of carbonyl (C=O) groups is 1. The van der Waals surface area contributed by atoms with Crippen LogP contribution in [-0.2, 0) is 4.79 Å². The highest BCUT2D eigenvalue weighted by Crippen LogP contribution is 2.25. The monoisotopic (exact) mass is 203 g/mol. The molecule has 1 aliphatic rings. The highest BCUT2D eigenvalue weighted by atomic mass is 35.5. The zero-order valence-electron chi connectivity index (χ0n) is 7.42. The summed E-state index contributed by atoms with van der Waals surface area (Å²) in [5.74, 6) is -0.146. The molecule has 1 aliphatic carbocycles. The first kappa shape index (κ1) is 10.5. The van der Waals surface area contributed by atoms with Crippen LogP contribution in [-0.4, -0.2) is 23.7 Å². The summed E-state index contributed by atoms with van der Waals surface area (Å²) in [6, 6.07) is 0.0630. The Hall–Kier alpha value is -0.540. The van der Waals surface area contributed by atoms with Gasteiger partial charge in [-0.05, 0) is 12.8 Å². The lowest BCUT2D eigenvalue weighted by Crippen LogP contribution is -2.38. The quantitative estimate of drug-likeness (QED) is 0.673. The summed E-state index contributed by atoms with van der Waals surface area (Å²) in [5.41, 5.74) is 0. The highest BCUT2D eigenvalue weighted by Gasteiger charge is 2.27. The molecule has 1 rings (SSSR count). The summed E-state index contributed by atoms with van der Waals surface area (Å²) in [6.07, 6.45) is 2.93. The zero-order chi connectivity index (χ0) is 9.84. The second-order valence-electron chi connectivity index (χ2n) is 3.36. The van der Waals surface area contributed by atoms with Gasteiger partial charge in [0.15, 0.2) is 0 Å². The predicted octanol–water partition coefficient (Wildman–Crippen LogP) is 1.02. The summed E-state index contributed by atoms with van der Waals surface area (Å²) in [7, 11) is 0. The Bertz CT molecular complexity index is 218. The molecule has 0 aliphatic heterocycles. The van der Waals surface area contributed by atoms with Crippen LogP contribution in [0.5, 0.6) is 0 Å². The van der Waals surface area contributed by atoms with E-state index in [2.05, 4.69) is 11.9 Å². The van der Waals surface area contributed by atoms with Gasteiger partial charge in [-0.2, -0.15) is 0 Å². The summed E-state index contributed by atoms with van der Waals surface area (Å²) < 4.78 is 0. The Morgan fingerprint density at radius 3 is 2.85 bits per heavy atom. The standard InChI is InChI=1S/C9H14ClNO2/c1-6(10)9(13)11-8-4-2-3-7(8)5-12/h7-8,12H,1-5H2,(H,11,13). The number of rotatable bonds is 3. The summed E-state index contributed by atoms with van der Waals surface area (Å²) in [5, 5.41) is 11.7. The van der Waals surface area contributed by atoms with E-state index in [0.29, 0.717) is 0 Å². The van der Waals surface area contributed by atoms with Crippen LogP contribution in [0.1, 0.15) is 19.3 Å². The lowest BCUT2D eigenvalue weighted by atomic mass is 10.1. The molecule has 0 radical (unpaired) electrons. The number of halogens is 1. The lowest BCUT2D eigenvalue weighted by Gasteiger charge is -2.18. The van der Waals surface area contributed by atoms with Gasteiger partial charge in [0.2, 0.25) is 0 Å². The molecule has 0 bridgehead atoms. The molecular weight excluding hydrogens is 190 g/mol. The maximum absolute atomic E-state index is 11.1. The molecule has 0 aromatic carbocycles. The summed E-state index contributed by atoms with van der Waals surface area (Å²) in [4.78, 5) is 11.1. The molecule has 1 amide bonds. The second-order valence-corrected chi connectivity index (χ2v) is 3.81. The minimum atomic E-state index is -0.327. The first-order chi connectivity index (χ1) is 6.15. The van der Waals surface area contributed by atoms with E-state index in [0.717, 1.165) is 19.3 Å². The molecule has 2 atom stereocenters. The van der Waals surface area contributed by atoms with Crippen molar-refractivity contribution >= 4 is 17.5 Å². The van der Waals surface area contributed by atoms with Gasteiger partial charge in [-0.1, -0.05) is 24.6 Å². The van der Waals surface area contributed by atoms with Crippen LogP contribution < -0.4 is 5.32 Å². The number of carbonyl (C=O) groups excluding carboxylic acids is 1. The van der Waals surface area contributed by atoms with Gasteiger partial charge < -0.3 is 10.4 Å². The van der Waals surface area contributed by atoms with Crippen molar-refractivity contribution in [3.8, 4) is 0 Å². The molecule has 0 spiro atoms. The number of amides is 1. The molecule has 74 valence electrons. The average molecular weight is 204 g/mol. The largest absolute Gasteiger partial charge is 0.396 e. The third-order valence-electron chi connectivity index (χ3n) is 2.46. The molecule has 1 fully saturated rings. The maximum atomic E-state index is 11.1. The average Bonchev–Trinajstić information content (AvgIpc) is 2.51. The second kappa shape index (κ2) is 4.63. The molecule has 0 aromatic heterocycles. The number of nitrogens with one attached hydrogen (secondary N) is 1. The molecule has 4 heteroatoms. The Balaban J connectivity index is 2.44. The van der Waals surface area contributed by atoms with Crippen LogP contribution in [0.15, 0.2) is 11.6 Å². The summed E-state index contributed by atoms with van der Waals surface area (Å²) >= 11 is 5.43. The van der Waals surface area contributed by atoms with E-state index in [9.17, 15) is 4.79 Å². The van der Waals surface area contributed by atoms with E-state index < -0.39 is 0 Å².